The molecule has 0 saturated heterocycles. The summed E-state index contributed by atoms with van der Waals surface area (Å²) in [6, 6.07) is 0.387. The van der Waals surface area contributed by atoms with E-state index < -0.39 is 12.7 Å². The van der Waals surface area contributed by atoms with Crippen molar-refractivity contribution in [1.29, 1.82) is 0 Å². The molecule has 2 aliphatic carbocycles. The third-order valence-electron chi connectivity index (χ3n) is 4.38. The third-order valence-corrected chi connectivity index (χ3v) is 4.38. The van der Waals surface area contributed by atoms with Crippen LogP contribution in [0.15, 0.2) is 0 Å². The molecule has 2 fully saturated rings. The van der Waals surface area contributed by atoms with E-state index in [1.165, 1.54) is 0 Å². The van der Waals surface area contributed by atoms with Crippen LogP contribution in [0.3, 0.4) is 0 Å². The highest BCUT2D eigenvalue weighted by Crippen LogP contribution is 2.37. The number of rotatable bonds is 7. The number of hydrogen-bond donors (Lipinski definition) is 2. The zero-order valence-electron chi connectivity index (χ0n) is 12.0. The van der Waals surface area contributed by atoms with E-state index in [4.69, 9.17) is 0 Å². The highest BCUT2D eigenvalue weighted by atomic mass is 19.4. The second-order valence-electron chi connectivity index (χ2n) is 6.34. The van der Waals surface area contributed by atoms with Crippen LogP contribution in [-0.4, -0.2) is 53.5 Å². The van der Waals surface area contributed by atoms with Crippen LogP contribution < -0.4 is 5.32 Å². The van der Waals surface area contributed by atoms with Gasteiger partial charge < -0.3 is 10.4 Å². The maximum atomic E-state index is 12.7. The molecule has 20 heavy (non-hydrogen) atoms. The fourth-order valence-corrected chi connectivity index (χ4v) is 3.30. The summed E-state index contributed by atoms with van der Waals surface area (Å²) < 4.78 is 38.0. The van der Waals surface area contributed by atoms with Crippen LogP contribution in [0.2, 0.25) is 0 Å². The molecule has 0 aliphatic heterocycles. The first-order chi connectivity index (χ1) is 9.37. The van der Waals surface area contributed by atoms with Gasteiger partial charge in [-0.1, -0.05) is 6.92 Å². The van der Waals surface area contributed by atoms with Crippen molar-refractivity contribution in [2.24, 2.45) is 0 Å². The highest BCUT2D eigenvalue weighted by Gasteiger charge is 2.45. The summed E-state index contributed by atoms with van der Waals surface area (Å²) in [6.07, 6.45) is 0.925. The Morgan fingerprint density at radius 3 is 2.50 bits per heavy atom. The molecule has 0 spiro atoms. The van der Waals surface area contributed by atoms with Crippen LogP contribution in [0.4, 0.5) is 13.2 Å². The molecule has 118 valence electrons. The molecule has 0 bridgehead atoms. The lowest BCUT2D eigenvalue weighted by Gasteiger charge is -2.33. The largest absolute Gasteiger partial charge is 0.401 e. The van der Waals surface area contributed by atoms with E-state index in [1.807, 2.05) is 6.92 Å². The number of nitrogens with zero attached hydrogens (tertiary/aromatic N) is 1. The number of alkyl halides is 3. The molecule has 0 heterocycles. The molecule has 2 rings (SSSR count). The van der Waals surface area contributed by atoms with Crippen LogP contribution in [0.5, 0.6) is 0 Å². The predicted octanol–water partition coefficient (Wildman–Crippen LogP) is 2.30. The van der Waals surface area contributed by atoms with Gasteiger partial charge in [0.1, 0.15) is 0 Å². The highest BCUT2D eigenvalue weighted by molar-refractivity contribution is 5.03. The monoisotopic (exact) mass is 294 g/mol. The van der Waals surface area contributed by atoms with Gasteiger partial charge in [-0.25, -0.2) is 0 Å². The molecular weight excluding hydrogens is 269 g/mol. The van der Waals surface area contributed by atoms with E-state index >= 15 is 0 Å². The SMILES string of the molecule is CCCN(CC(F)(F)F)C1CCC(CO)(NC2CC2)C1. The summed E-state index contributed by atoms with van der Waals surface area (Å²) in [5.74, 6) is 0. The van der Waals surface area contributed by atoms with Gasteiger partial charge in [0, 0.05) is 17.6 Å². The molecule has 2 saturated carbocycles. The van der Waals surface area contributed by atoms with Gasteiger partial charge in [-0.2, -0.15) is 13.2 Å². The second-order valence-corrected chi connectivity index (χ2v) is 6.34. The van der Waals surface area contributed by atoms with Gasteiger partial charge in [0.25, 0.3) is 0 Å². The van der Waals surface area contributed by atoms with E-state index in [0.29, 0.717) is 19.0 Å². The first-order valence-corrected chi connectivity index (χ1v) is 7.57. The van der Waals surface area contributed by atoms with Gasteiger partial charge >= 0.3 is 6.18 Å². The smallest absolute Gasteiger partial charge is 0.394 e. The minimum Gasteiger partial charge on any atom is -0.394 e. The van der Waals surface area contributed by atoms with Crippen LogP contribution in [0.1, 0.15) is 45.4 Å². The molecule has 2 aliphatic rings. The number of hydrogen-bond acceptors (Lipinski definition) is 3. The van der Waals surface area contributed by atoms with E-state index in [2.05, 4.69) is 5.32 Å². The third kappa shape index (κ3) is 4.33. The Labute approximate surface area is 118 Å². The Morgan fingerprint density at radius 1 is 1.30 bits per heavy atom. The lowest BCUT2D eigenvalue weighted by atomic mass is 9.98. The fraction of sp³-hybridized carbons (Fsp3) is 1.00. The zero-order valence-corrected chi connectivity index (χ0v) is 12.0. The Kier molecular flexibility index (Phi) is 4.97. The first-order valence-electron chi connectivity index (χ1n) is 7.57. The van der Waals surface area contributed by atoms with E-state index in [1.54, 1.807) is 4.90 Å². The number of nitrogens with one attached hydrogen (secondary N) is 1. The van der Waals surface area contributed by atoms with E-state index in [-0.39, 0.29) is 18.2 Å². The molecule has 6 heteroatoms. The van der Waals surface area contributed by atoms with Crippen LogP contribution >= 0.6 is 0 Å². The van der Waals surface area contributed by atoms with E-state index in [0.717, 1.165) is 32.1 Å². The topological polar surface area (TPSA) is 35.5 Å². The maximum Gasteiger partial charge on any atom is 0.401 e. The van der Waals surface area contributed by atoms with E-state index in [9.17, 15) is 18.3 Å². The first kappa shape index (κ1) is 16.0. The molecule has 0 radical (unpaired) electrons. The molecule has 0 aromatic carbocycles. The summed E-state index contributed by atoms with van der Waals surface area (Å²) in [5.41, 5.74) is -0.358. The normalized spacial score (nSPS) is 31.2. The molecule has 2 atom stereocenters. The predicted molar refractivity (Wildman–Crippen MR) is 71.5 cm³/mol. The lowest BCUT2D eigenvalue weighted by Crippen LogP contribution is -2.49. The Bertz CT molecular complexity index is 320. The Morgan fingerprint density at radius 2 is 2.00 bits per heavy atom. The fourth-order valence-electron chi connectivity index (χ4n) is 3.30. The van der Waals surface area contributed by atoms with Gasteiger partial charge in [0.2, 0.25) is 0 Å². The molecular formula is C14H25F3N2O. The molecule has 2 unspecified atom stereocenters. The summed E-state index contributed by atoms with van der Waals surface area (Å²) >= 11 is 0. The van der Waals surface area contributed by atoms with Gasteiger partial charge in [-0.3, -0.25) is 4.90 Å². The van der Waals surface area contributed by atoms with Crippen LogP contribution in [-0.2, 0) is 0 Å². The number of aliphatic hydroxyl groups is 1. The summed E-state index contributed by atoms with van der Waals surface area (Å²) in [5, 5.41) is 13.1. The van der Waals surface area contributed by atoms with Crippen molar-refractivity contribution in [1.82, 2.24) is 10.2 Å². The van der Waals surface area contributed by atoms with Crippen molar-refractivity contribution in [3.63, 3.8) is 0 Å². The lowest BCUT2D eigenvalue weighted by molar-refractivity contribution is -0.151. The number of halogens is 3. The quantitative estimate of drug-likeness (QED) is 0.756. The Hall–Kier alpha value is -0.330. The van der Waals surface area contributed by atoms with Crippen molar-refractivity contribution >= 4 is 0 Å². The average molecular weight is 294 g/mol. The van der Waals surface area contributed by atoms with Crippen molar-refractivity contribution in [2.75, 3.05) is 19.7 Å². The van der Waals surface area contributed by atoms with Gasteiger partial charge in [-0.05, 0) is 45.1 Å². The standard InChI is InChI=1S/C14H25F3N2O/c1-2-7-19(9-14(15,16)17)12-5-6-13(8-12,10-20)18-11-3-4-11/h11-12,18,20H,2-10H2,1H3. The van der Waals surface area contributed by atoms with Gasteiger partial charge in [0.05, 0.1) is 13.2 Å². The van der Waals surface area contributed by atoms with Crippen molar-refractivity contribution in [3.8, 4) is 0 Å². The minimum absolute atomic E-state index is 0.0198. The summed E-state index contributed by atoms with van der Waals surface area (Å²) in [4.78, 5) is 1.55. The molecule has 0 amide bonds. The van der Waals surface area contributed by atoms with Crippen molar-refractivity contribution < 1.29 is 18.3 Å². The maximum absolute atomic E-state index is 12.7. The van der Waals surface area contributed by atoms with Gasteiger partial charge in [-0.15, -0.1) is 0 Å². The Balaban J connectivity index is 1.96. The summed E-state index contributed by atoms with van der Waals surface area (Å²) in [7, 11) is 0. The molecule has 2 N–H and O–H groups in total. The van der Waals surface area contributed by atoms with Crippen molar-refractivity contribution in [2.45, 2.75) is 69.2 Å². The molecule has 0 aromatic rings. The molecule has 0 aromatic heterocycles. The van der Waals surface area contributed by atoms with Gasteiger partial charge in [0.15, 0.2) is 0 Å². The molecule has 3 nitrogen and oxygen atoms in total. The summed E-state index contributed by atoms with van der Waals surface area (Å²) in [6.45, 7) is 1.55. The van der Waals surface area contributed by atoms with Crippen molar-refractivity contribution in [3.05, 3.63) is 0 Å². The minimum atomic E-state index is -4.15. The van der Waals surface area contributed by atoms with Crippen LogP contribution in [0, 0.1) is 0 Å². The zero-order chi connectivity index (χ0) is 14.8. The number of aliphatic hydroxyl groups excluding tert-OH is 1. The van der Waals surface area contributed by atoms with Crippen LogP contribution in [0.25, 0.3) is 0 Å². The average Bonchev–Trinajstić information content (AvgIpc) is 3.05. The second kappa shape index (κ2) is 6.20.